The van der Waals surface area contributed by atoms with Crippen LogP contribution in [0.5, 0.6) is 0 Å². The lowest BCUT2D eigenvalue weighted by Gasteiger charge is -2.22. The second-order valence-electron chi connectivity index (χ2n) is 5.02. The van der Waals surface area contributed by atoms with Crippen LogP contribution in [0.15, 0.2) is 23.1 Å². The van der Waals surface area contributed by atoms with Gasteiger partial charge in [-0.05, 0) is 30.5 Å². The van der Waals surface area contributed by atoms with Crippen molar-refractivity contribution in [1.82, 2.24) is 4.31 Å². The van der Waals surface area contributed by atoms with E-state index in [0.717, 1.165) is 25.7 Å². The summed E-state index contributed by atoms with van der Waals surface area (Å²) in [6.45, 7) is 4.93. The van der Waals surface area contributed by atoms with Gasteiger partial charge in [-0.25, -0.2) is 8.42 Å². The highest BCUT2D eigenvalue weighted by molar-refractivity contribution is 7.89. The molecule has 0 atom stereocenters. The third kappa shape index (κ3) is 4.95. The Morgan fingerprint density at radius 1 is 1.14 bits per heavy atom. The molecule has 0 aliphatic heterocycles. The minimum atomic E-state index is -3.53. The number of unbranched alkanes of at least 4 members (excludes halogenated alkanes) is 2. The zero-order valence-corrected chi connectivity index (χ0v) is 14.3. The van der Waals surface area contributed by atoms with Gasteiger partial charge in [-0.15, -0.1) is 0 Å². The Labute approximate surface area is 132 Å². The molecule has 0 heterocycles. The molecule has 1 rings (SSSR count). The summed E-state index contributed by atoms with van der Waals surface area (Å²) < 4.78 is 26.9. The molecule has 0 saturated carbocycles. The van der Waals surface area contributed by atoms with Crippen LogP contribution >= 0.6 is 11.6 Å². The third-order valence-corrected chi connectivity index (χ3v) is 5.60. The highest BCUT2D eigenvalue weighted by atomic mass is 35.5. The van der Waals surface area contributed by atoms with Crippen LogP contribution < -0.4 is 0 Å². The fourth-order valence-electron chi connectivity index (χ4n) is 1.99. The summed E-state index contributed by atoms with van der Waals surface area (Å²) in [6.07, 6.45) is 3.57. The van der Waals surface area contributed by atoms with Crippen molar-refractivity contribution in [1.29, 1.82) is 0 Å². The van der Waals surface area contributed by atoms with E-state index in [9.17, 15) is 8.42 Å². The molecule has 0 fully saturated rings. The number of sulfonamides is 1. The van der Waals surface area contributed by atoms with Crippen molar-refractivity contribution < 1.29 is 13.5 Å². The zero-order valence-electron chi connectivity index (χ0n) is 12.7. The van der Waals surface area contributed by atoms with Gasteiger partial charge in [0.25, 0.3) is 0 Å². The van der Waals surface area contributed by atoms with E-state index in [4.69, 9.17) is 16.7 Å². The van der Waals surface area contributed by atoms with Gasteiger partial charge < -0.3 is 5.11 Å². The van der Waals surface area contributed by atoms with E-state index >= 15 is 0 Å². The van der Waals surface area contributed by atoms with E-state index in [-0.39, 0.29) is 16.5 Å². The van der Waals surface area contributed by atoms with Crippen LogP contribution in [0.25, 0.3) is 0 Å². The van der Waals surface area contributed by atoms with Crippen molar-refractivity contribution in [2.75, 3.05) is 13.1 Å². The quantitative estimate of drug-likeness (QED) is 0.753. The lowest BCUT2D eigenvalue weighted by molar-refractivity contribution is 0.282. The standard InChI is InChI=1S/C15H24ClNO3S/c1-3-5-9-17(10-6-4-2)21(19,20)14-8-7-13(12-18)15(16)11-14/h7-8,11,18H,3-6,9-10,12H2,1-2H3. The van der Waals surface area contributed by atoms with E-state index < -0.39 is 10.0 Å². The van der Waals surface area contributed by atoms with Gasteiger partial charge in [-0.2, -0.15) is 4.31 Å². The first-order chi connectivity index (χ1) is 9.97. The van der Waals surface area contributed by atoms with E-state index in [2.05, 4.69) is 0 Å². The summed E-state index contributed by atoms with van der Waals surface area (Å²) in [6, 6.07) is 4.50. The Hall–Kier alpha value is -0.620. The summed E-state index contributed by atoms with van der Waals surface area (Å²) in [5.74, 6) is 0. The topological polar surface area (TPSA) is 57.6 Å². The molecule has 0 bridgehead atoms. The van der Waals surface area contributed by atoms with Crippen LogP contribution in [-0.4, -0.2) is 30.9 Å². The molecule has 1 aromatic carbocycles. The van der Waals surface area contributed by atoms with Gasteiger partial charge in [0.2, 0.25) is 10.0 Å². The van der Waals surface area contributed by atoms with Crippen molar-refractivity contribution in [3.63, 3.8) is 0 Å². The van der Waals surface area contributed by atoms with Crippen LogP contribution in [0.1, 0.15) is 45.1 Å². The second-order valence-corrected chi connectivity index (χ2v) is 7.37. The predicted octanol–water partition coefficient (Wildman–Crippen LogP) is 3.42. The van der Waals surface area contributed by atoms with Gasteiger partial charge in [0, 0.05) is 18.1 Å². The van der Waals surface area contributed by atoms with Crippen molar-refractivity contribution in [2.45, 2.75) is 51.0 Å². The van der Waals surface area contributed by atoms with Gasteiger partial charge in [0.1, 0.15) is 0 Å². The summed E-state index contributed by atoms with van der Waals surface area (Å²) in [5, 5.41) is 9.39. The van der Waals surface area contributed by atoms with E-state index in [0.29, 0.717) is 18.7 Å². The van der Waals surface area contributed by atoms with Gasteiger partial charge in [0.15, 0.2) is 0 Å². The zero-order chi connectivity index (χ0) is 15.9. The molecule has 0 aliphatic rings. The van der Waals surface area contributed by atoms with Crippen LogP contribution in [0.3, 0.4) is 0 Å². The van der Waals surface area contributed by atoms with Crippen molar-refractivity contribution in [2.24, 2.45) is 0 Å². The fraction of sp³-hybridized carbons (Fsp3) is 0.600. The third-order valence-electron chi connectivity index (χ3n) is 3.35. The molecule has 0 aliphatic carbocycles. The number of nitrogens with zero attached hydrogens (tertiary/aromatic N) is 1. The monoisotopic (exact) mass is 333 g/mol. The molecule has 120 valence electrons. The summed E-state index contributed by atoms with van der Waals surface area (Å²) in [4.78, 5) is 0.192. The minimum absolute atomic E-state index is 0.192. The molecule has 0 amide bonds. The molecule has 1 N–H and O–H groups in total. The second kappa shape index (κ2) is 8.73. The lowest BCUT2D eigenvalue weighted by atomic mass is 10.2. The largest absolute Gasteiger partial charge is 0.392 e. The summed E-state index contributed by atoms with van der Waals surface area (Å²) in [7, 11) is -3.53. The number of hydrogen-bond acceptors (Lipinski definition) is 3. The number of aliphatic hydroxyl groups is 1. The average Bonchev–Trinajstić information content (AvgIpc) is 2.47. The molecule has 0 aromatic heterocycles. The molecule has 21 heavy (non-hydrogen) atoms. The van der Waals surface area contributed by atoms with Gasteiger partial charge in [0.05, 0.1) is 11.5 Å². The van der Waals surface area contributed by atoms with Crippen LogP contribution in [0.4, 0.5) is 0 Å². The smallest absolute Gasteiger partial charge is 0.243 e. The maximum atomic E-state index is 12.7. The molecule has 4 nitrogen and oxygen atoms in total. The van der Waals surface area contributed by atoms with Gasteiger partial charge >= 0.3 is 0 Å². The fourth-order valence-corrected chi connectivity index (χ4v) is 3.84. The first-order valence-electron chi connectivity index (χ1n) is 7.36. The number of halogens is 1. The van der Waals surface area contributed by atoms with E-state index in [1.807, 2.05) is 13.8 Å². The highest BCUT2D eigenvalue weighted by Crippen LogP contribution is 2.24. The van der Waals surface area contributed by atoms with Crippen LogP contribution in [0.2, 0.25) is 5.02 Å². The maximum absolute atomic E-state index is 12.7. The lowest BCUT2D eigenvalue weighted by Crippen LogP contribution is -2.33. The molecule has 0 saturated heterocycles. The Morgan fingerprint density at radius 3 is 2.14 bits per heavy atom. The van der Waals surface area contributed by atoms with Crippen LogP contribution in [-0.2, 0) is 16.6 Å². The molecule has 6 heteroatoms. The normalized spacial score (nSPS) is 12.0. The molecular formula is C15H24ClNO3S. The Bertz CT molecular complexity index is 538. The Kier molecular flexibility index (Phi) is 7.66. The van der Waals surface area contributed by atoms with Crippen molar-refractivity contribution >= 4 is 21.6 Å². The number of hydrogen-bond donors (Lipinski definition) is 1. The van der Waals surface area contributed by atoms with E-state index in [1.54, 1.807) is 6.07 Å². The van der Waals surface area contributed by atoms with E-state index in [1.165, 1.54) is 16.4 Å². The minimum Gasteiger partial charge on any atom is -0.392 e. The molecule has 0 spiro atoms. The number of rotatable bonds is 9. The van der Waals surface area contributed by atoms with Crippen molar-refractivity contribution in [3.05, 3.63) is 28.8 Å². The SMILES string of the molecule is CCCCN(CCCC)S(=O)(=O)c1ccc(CO)c(Cl)c1. The Morgan fingerprint density at radius 2 is 1.71 bits per heavy atom. The summed E-state index contributed by atoms with van der Waals surface area (Å²) in [5.41, 5.74) is 0.532. The van der Waals surface area contributed by atoms with Crippen LogP contribution in [0, 0.1) is 0 Å². The number of aliphatic hydroxyl groups excluding tert-OH is 1. The molecule has 0 radical (unpaired) electrons. The maximum Gasteiger partial charge on any atom is 0.243 e. The van der Waals surface area contributed by atoms with Gasteiger partial charge in [-0.1, -0.05) is 44.4 Å². The predicted molar refractivity (Wildman–Crippen MR) is 85.9 cm³/mol. The highest BCUT2D eigenvalue weighted by Gasteiger charge is 2.24. The molecule has 1 aromatic rings. The summed E-state index contributed by atoms with van der Waals surface area (Å²) >= 11 is 6.01. The first kappa shape index (κ1) is 18.4. The first-order valence-corrected chi connectivity index (χ1v) is 9.18. The van der Waals surface area contributed by atoms with Crippen molar-refractivity contribution in [3.8, 4) is 0 Å². The average molecular weight is 334 g/mol. The van der Waals surface area contributed by atoms with Gasteiger partial charge in [-0.3, -0.25) is 0 Å². The number of benzene rings is 1. The Balaban J connectivity index is 3.06. The molecular weight excluding hydrogens is 310 g/mol. The molecule has 0 unspecified atom stereocenters.